The van der Waals surface area contributed by atoms with E-state index in [9.17, 15) is 0 Å². The van der Waals surface area contributed by atoms with Gasteiger partial charge < -0.3 is 0 Å². The summed E-state index contributed by atoms with van der Waals surface area (Å²) in [7, 11) is 0. The molecular weight excluding hydrogens is 606 g/mol. The Bertz CT molecular complexity index is 2540. The predicted octanol–water partition coefficient (Wildman–Crippen LogP) is 8.48. The molecule has 2 heterocycles. The van der Waals surface area contributed by atoms with Gasteiger partial charge in [0.15, 0.2) is 0 Å². The minimum absolute atomic E-state index is 1.01. The van der Waals surface area contributed by atoms with E-state index in [1.165, 1.54) is 59.1 Å². The second-order valence-corrected chi connectivity index (χ2v) is 17.4. The van der Waals surface area contributed by atoms with Crippen LogP contribution >= 0.6 is 5.51 Å². The molecule has 0 saturated heterocycles. The third-order valence-electron chi connectivity index (χ3n) is 8.79. The Morgan fingerprint density at radius 1 is 0.465 bits per heavy atom. The number of para-hydroxylation sites is 2. The van der Waals surface area contributed by atoms with Gasteiger partial charge in [0.1, 0.15) is 0 Å². The zero-order chi connectivity index (χ0) is 28.5. The summed E-state index contributed by atoms with van der Waals surface area (Å²) in [4.78, 5) is 5.25. The second kappa shape index (κ2) is 9.49. The number of imidazole rings is 1. The van der Waals surface area contributed by atoms with Crippen LogP contribution < -0.4 is 15.9 Å². The fourth-order valence-corrected chi connectivity index (χ4v) is 11.7. The molecule has 2 aromatic heterocycles. The Balaban J connectivity index is 1.41. The van der Waals surface area contributed by atoms with Crippen LogP contribution in [0.1, 0.15) is 0 Å². The van der Waals surface area contributed by atoms with Crippen molar-refractivity contribution in [3.63, 3.8) is 0 Å². The molecule has 0 amide bonds. The van der Waals surface area contributed by atoms with Gasteiger partial charge in [-0.25, -0.2) is 0 Å². The second-order valence-electron chi connectivity index (χ2n) is 11.1. The summed E-state index contributed by atoms with van der Waals surface area (Å²) < 4.78 is 2.37. The zero-order valence-electron chi connectivity index (χ0n) is 23.2. The van der Waals surface area contributed by atoms with Crippen LogP contribution in [-0.2, 0) is 0 Å². The normalized spacial score (nSPS) is 12.3. The SMILES string of the molecule is [Se]=P(c1ccccc1)(c1ccccc1)c1ccc2c(ccc3c4cc5ccccc5cc4n4c5ccccc5nc4c23)c1. The van der Waals surface area contributed by atoms with E-state index < -0.39 is 5.51 Å². The zero-order valence-corrected chi connectivity index (χ0v) is 25.8. The van der Waals surface area contributed by atoms with Crippen LogP contribution in [0.25, 0.3) is 59.9 Å². The van der Waals surface area contributed by atoms with Crippen LogP contribution in [0.4, 0.5) is 0 Å². The number of benzene rings is 7. The van der Waals surface area contributed by atoms with Crippen molar-refractivity contribution in [2.45, 2.75) is 0 Å². The topological polar surface area (TPSA) is 17.3 Å². The molecule has 0 fully saturated rings. The summed E-state index contributed by atoms with van der Waals surface area (Å²) in [6, 6.07) is 55.3. The molecule has 7 aromatic carbocycles. The Morgan fingerprint density at radius 3 is 1.84 bits per heavy atom. The molecule has 9 aromatic rings. The van der Waals surface area contributed by atoms with Crippen molar-refractivity contribution < 1.29 is 0 Å². The number of fused-ring (bicyclic) bond motifs is 11. The minimum atomic E-state index is -1.98. The molecule has 0 atom stereocenters. The molecule has 4 heteroatoms. The van der Waals surface area contributed by atoms with Crippen molar-refractivity contribution in [2.75, 3.05) is 0 Å². The van der Waals surface area contributed by atoms with Crippen molar-refractivity contribution in [3.8, 4) is 0 Å². The number of pyridine rings is 1. The van der Waals surface area contributed by atoms with Gasteiger partial charge in [-0.1, -0.05) is 6.07 Å². The Labute approximate surface area is 256 Å². The summed E-state index contributed by atoms with van der Waals surface area (Å²) in [5.41, 5.74) is 2.37. The van der Waals surface area contributed by atoms with Crippen molar-refractivity contribution in [1.82, 2.24) is 9.38 Å². The maximum absolute atomic E-state index is 5.25. The number of rotatable bonds is 3. The average molecular weight is 632 g/mol. The molecule has 0 unspecified atom stereocenters. The van der Waals surface area contributed by atoms with Crippen molar-refractivity contribution >= 4 is 96.4 Å². The van der Waals surface area contributed by atoms with Crippen molar-refractivity contribution in [2.24, 2.45) is 0 Å². The van der Waals surface area contributed by atoms with Gasteiger partial charge in [-0.3, -0.25) is 0 Å². The molecule has 0 aliphatic rings. The van der Waals surface area contributed by atoms with Crippen LogP contribution in [0, 0.1) is 0 Å². The first kappa shape index (κ1) is 25.0. The quantitative estimate of drug-likeness (QED) is 0.0828. The first-order valence-corrected chi connectivity index (χ1v) is 18.5. The first-order valence-electron chi connectivity index (χ1n) is 14.5. The molecule has 0 N–H and O–H groups in total. The van der Waals surface area contributed by atoms with Gasteiger partial charge in [0.05, 0.1) is 0 Å². The van der Waals surface area contributed by atoms with Crippen LogP contribution in [0.15, 0.2) is 152 Å². The fraction of sp³-hybridized carbons (Fsp3) is 0. The van der Waals surface area contributed by atoms with Crippen LogP contribution in [-0.4, -0.2) is 24.5 Å². The van der Waals surface area contributed by atoms with Gasteiger partial charge in [0.25, 0.3) is 0 Å². The standard InChI is InChI=1S/C39H25N2PSe/c43-42(29-13-3-1-4-14-29,30-15-5-2-6-16-30)31-20-22-32-28(23-31)19-21-33-34-24-26-11-7-8-12-27(26)25-37(34)41-36-18-10-9-17-35(36)40-39(41)38(32)33/h1-25H. The molecular formula is C39H25N2PSe. The van der Waals surface area contributed by atoms with Crippen molar-refractivity contribution in [1.29, 1.82) is 0 Å². The molecule has 0 spiro atoms. The summed E-state index contributed by atoms with van der Waals surface area (Å²) in [6.07, 6.45) is 0. The van der Waals surface area contributed by atoms with Gasteiger partial charge in [0.2, 0.25) is 0 Å². The molecule has 9 rings (SSSR count). The maximum atomic E-state index is 5.25. The van der Waals surface area contributed by atoms with E-state index in [0.29, 0.717) is 0 Å². The third-order valence-corrected chi connectivity index (χ3v) is 15.8. The summed E-state index contributed by atoms with van der Waals surface area (Å²) >= 11 is 3.72. The fourth-order valence-electron chi connectivity index (χ4n) is 6.77. The number of hydrogen-bond acceptors (Lipinski definition) is 1. The third kappa shape index (κ3) is 3.66. The molecule has 2 nitrogen and oxygen atoms in total. The number of hydrogen-bond donors (Lipinski definition) is 0. The van der Waals surface area contributed by atoms with Gasteiger partial charge in [0, 0.05) is 0 Å². The van der Waals surface area contributed by atoms with Crippen LogP contribution in [0.2, 0.25) is 0 Å². The van der Waals surface area contributed by atoms with Gasteiger partial charge in [-0.2, -0.15) is 0 Å². The van der Waals surface area contributed by atoms with E-state index in [0.717, 1.165) is 16.7 Å². The average Bonchev–Trinajstić information content (AvgIpc) is 3.47. The number of aromatic nitrogens is 2. The van der Waals surface area contributed by atoms with E-state index in [-0.39, 0.29) is 0 Å². The first-order chi connectivity index (χ1) is 21.2. The van der Waals surface area contributed by atoms with Crippen LogP contribution in [0.3, 0.4) is 0 Å². The molecule has 0 bridgehead atoms. The van der Waals surface area contributed by atoms with E-state index in [2.05, 4.69) is 171 Å². The summed E-state index contributed by atoms with van der Waals surface area (Å²) in [5, 5.41) is 12.6. The number of nitrogens with zero attached hydrogens (tertiary/aromatic N) is 2. The van der Waals surface area contributed by atoms with Crippen LogP contribution in [0.5, 0.6) is 0 Å². The van der Waals surface area contributed by atoms with E-state index >= 15 is 0 Å². The summed E-state index contributed by atoms with van der Waals surface area (Å²) in [6.45, 7) is 0. The van der Waals surface area contributed by atoms with Gasteiger partial charge in [-0.15, -0.1) is 0 Å². The molecule has 0 aliphatic carbocycles. The molecule has 0 saturated carbocycles. The molecule has 0 aliphatic heterocycles. The summed E-state index contributed by atoms with van der Waals surface area (Å²) in [5.74, 6) is 0. The molecule has 43 heavy (non-hydrogen) atoms. The predicted molar refractivity (Wildman–Crippen MR) is 187 cm³/mol. The Morgan fingerprint density at radius 2 is 1.09 bits per heavy atom. The Hall–Kier alpha value is -4.52. The Kier molecular flexibility index (Phi) is 5.52. The molecule has 202 valence electrons. The molecule has 0 radical (unpaired) electrons. The van der Waals surface area contributed by atoms with E-state index in [1.807, 2.05) is 0 Å². The van der Waals surface area contributed by atoms with Gasteiger partial charge >= 0.3 is 251 Å². The van der Waals surface area contributed by atoms with Crippen molar-refractivity contribution in [3.05, 3.63) is 152 Å². The van der Waals surface area contributed by atoms with E-state index in [4.69, 9.17) is 4.98 Å². The monoisotopic (exact) mass is 632 g/mol. The van der Waals surface area contributed by atoms with E-state index in [1.54, 1.807) is 0 Å². The van der Waals surface area contributed by atoms with Gasteiger partial charge in [-0.05, 0) is 0 Å².